The molecule has 9 heteroatoms. The van der Waals surface area contributed by atoms with Crippen LogP contribution in [0.15, 0.2) is 79.0 Å². The lowest BCUT2D eigenvalue weighted by molar-refractivity contribution is -0.141. The van der Waals surface area contributed by atoms with Gasteiger partial charge in [-0.15, -0.1) is 0 Å². The van der Waals surface area contributed by atoms with Crippen molar-refractivity contribution in [3.8, 4) is 45.3 Å². The van der Waals surface area contributed by atoms with Gasteiger partial charge in [0.05, 0.1) is 6.04 Å². The average molecular weight is 553 g/mol. The van der Waals surface area contributed by atoms with Gasteiger partial charge < -0.3 is 29.0 Å². The number of hydrogen-bond donors (Lipinski definition) is 1. The fraction of sp³-hybridized carbons (Fsp3) is 0.219. The largest absolute Gasteiger partial charge is 0.486 e. The van der Waals surface area contributed by atoms with Crippen LogP contribution in [0.2, 0.25) is 0 Å². The number of fused-ring (bicyclic) bond motifs is 2. The maximum Gasteiger partial charge on any atom is 0.302 e. The summed E-state index contributed by atoms with van der Waals surface area (Å²) >= 11 is 0. The normalized spacial score (nSPS) is 14.1. The van der Waals surface area contributed by atoms with Crippen LogP contribution < -0.4 is 24.3 Å². The minimum Gasteiger partial charge on any atom is -0.486 e. The second-order valence-corrected chi connectivity index (χ2v) is 9.53. The molecule has 2 aliphatic heterocycles. The molecule has 1 aromatic heterocycles. The molecule has 9 nitrogen and oxygen atoms in total. The van der Waals surface area contributed by atoms with E-state index in [-0.39, 0.29) is 12.3 Å². The highest BCUT2D eigenvalue weighted by molar-refractivity contribution is 5.93. The standard InChI is InChI=1S/C32H28N2O7/c1-20(35)41-19-26(34-32(36)25-7-2-3-12-33-25)31-23(21-8-10-27-29(17-21)39-15-13-37-27)5-4-6-24(31)22-9-11-28-30(18-22)40-16-14-38-28/h2-12,17-18,26H,13-16,19H2,1H3,(H,34,36). The fourth-order valence-electron chi connectivity index (χ4n) is 4.99. The van der Waals surface area contributed by atoms with Crippen LogP contribution >= 0.6 is 0 Å². The van der Waals surface area contributed by atoms with E-state index in [1.807, 2.05) is 54.6 Å². The number of carbonyl (C=O) groups excluding carboxylic acids is 2. The van der Waals surface area contributed by atoms with E-state index in [1.165, 1.54) is 6.92 Å². The second kappa shape index (κ2) is 11.6. The van der Waals surface area contributed by atoms with Gasteiger partial charge in [0.25, 0.3) is 5.91 Å². The summed E-state index contributed by atoms with van der Waals surface area (Å²) in [7, 11) is 0. The first kappa shape index (κ1) is 26.2. The summed E-state index contributed by atoms with van der Waals surface area (Å²) in [6, 6.07) is 21.8. The zero-order valence-corrected chi connectivity index (χ0v) is 22.4. The SMILES string of the molecule is CC(=O)OCC(NC(=O)c1ccccn1)c1c(-c2ccc3c(c2)OCCO3)cccc1-c1ccc2c(c1)OCCO2. The first-order valence-electron chi connectivity index (χ1n) is 13.3. The van der Waals surface area contributed by atoms with Gasteiger partial charge in [-0.1, -0.05) is 36.4 Å². The van der Waals surface area contributed by atoms with Crippen molar-refractivity contribution in [3.05, 3.63) is 90.3 Å². The summed E-state index contributed by atoms with van der Waals surface area (Å²) in [6.07, 6.45) is 1.56. The molecule has 208 valence electrons. The predicted octanol–water partition coefficient (Wildman–Crippen LogP) is 4.99. The smallest absolute Gasteiger partial charge is 0.302 e. The monoisotopic (exact) mass is 552 g/mol. The zero-order valence-electron chi connectivity index (χ0n) is 22.4. The minimum atomic E-state index is -0.721. The first-order valence-corrected chi connectivity index (χ1v) is 13.3. The molecule has 41 heavy (non-hydrogen) atoms. The lowest BCUT2D eigenvalue weighted by Crippen LogP contribution is -2.33. The number of hydrogen-bond acceptors (Lipinski definition) is 8. The van der Waals surface area contributed by atoms with Gasteiger partial charge in [-0.05, 0) is 64.2 Å². The molecule has 1 atom stereocenters. The number of pyridine rings is 1. The van der Waals surface area contributed by atoms with Crippen LogP contribution in [0.4, 0.5) is 0 Å². The number of benzene rings is 3. The molecular formula is C32H28N2O7. The molecule has 3 heterocycles. The molecule has 0 saturated heterocycles. The van der Waals surface area contributed by atoms with Gasteiger partial charge in [-0.2, -0.15) is 0 Å². The third-order valence-corrected chi connectivity index (χ3v) is 6.82. The Morgan fingerprint density at radius 2 is 1.37 bits per heavy atom. The summed E-state index contributed by atoms with van der Waals surface area (Å²) in [4.78, 5) is 29.5. The molecule has 1 unspecified atom stereocenters. The molecule has 0 radical (unpaired) electrons. The van der Waals surface area contributed by atoms with Crippen LogP contribution in [-0.2, 0) is 9.53 Å². The van der Waals surface area contributed by atoms with E-state index >= 15 is 0 Å². The van der Waals surface area contributed by atoms with Gasteiger partial charge >= 0.3 is 5.97 Å². The highest BCUT2D eigenvalue weighted by atomic mass is 16.6. The number of nitrogens with one attached hydrogen (secondary N) is 1. The number of nitrogens with zero attached hydrogens (tertiary/aromatic N) is 1. The second-order valence-electron chi connectivity index (χ2n) is 9.53. The molecule has 1 N–H and O–H groups in total. The van der Waals surface area contributed by atoms with Crippen molar-refractivity contribution in [3.63, 3.8) is 0 Å². The fourth-order valence-corrected chi connectivity index (χ4v) is 4.99. The number of aromatic nitrogens is 1. The highest BCUT2D eigenvalue weighted by Crippen LogP contribution is 2.42. The molecule has 2 aliphatic rings. The highest BCUT2D eigenvalue weighted by Gasteiger charge is 2.26. The quantitative estimate of drug-likeness (QED) is 0.320. The maximum absolute atomic E-state index is 13.4. The van der Waals surface area contributed by atoms with E-state index in [0.717, 1.165) is 27.8 Å². The molecule has 6 rings (SSSR count). The number of rotatable bonds is 7. The summed E-state index contributed by atoms with van der Waals surface area (Å²) in [5, 5.41) is 3.06. The van der Waals surface area contributed by atoms with Gasteiger partial charge in [0, 0.05) is 13.1 Å². The molecule has 0 aliphatic carbocycles. The molecule has 0 fully saturated rings. The average Bonchev–Trinajstić information content (AvgIpc) is 3.02. The van der Waals surface area contributed by atoms with Gasteiger partial charge in [0.15, 0.2) is 23.0 Å². The van der Waals surface area contributed by atoms with Crippen molar-refractivity contribution < 1.29 is 33.3 Å². The zero-order chi connectivity index (χ0) is 28.2. The number of esters is 1. The third-order valence-electron chi connectivity index (χ3n) is 6.82. The van der Waals surface area contributed by atoms with E-state index in [2.05, 4.69) is 10.3 Å². The van der Waals surface area contributed by atoms with Crippen molar-refractivity contribution >= 4 is 11.9 Å². The molecule has 1 amide bonds. The van der Waals surface area contributed by atoms with Crippen molar-refractivity contribution in [2.75, 3.05) is 33.0 Å². The van der Waals surface area contributed by atoms with Crippen molar-refractivity contribution in [1.82, 2.24) is 10.3 Å². The lowest BCUT2D eigenvalue weighted by atomic mass is 9.87. The number of amides is 1. The summed E-state index contributed by atoms with van der Waals surface area (Å²) in [6.45, 7) is 3.13. The number of ether oxygens (including phenoxy) is 5. The van der Waals surface area contributed by atoms with Crippen LogP contribution in [-0.4, -0.2) is 49.9 Å². The van der Waals surface area contributed by atoms with Gasteiger partial charge in [-0.25, -0.2) is 0 Å². The van der Waals surface area contributed by atoms with Crippen LogP contribution in [0, 0.1) is 0 Å². The molecule has 0 saturated carbocycles. The molecular weight excluding hydrogens is 524 g/mol. The summed E-state index contributed by atoms with van der Waals surface area (Å²) in [5.74, 6) is 1.76. The van der Waals surface area contributed by atoms with E-state index in [0.29, 0.717) is 49.4 Å². The Morgan fingerprint density at radius 3 is 1.90 bits per heavy atom. The van der Waals surface area contributed by atoms with Gasteiger partial charge in [0.2, 0.25) is 0 Å². The van der Waals surface area contributed by atoms with E-state index in [4.69, 9.17) is 23.7 Å². The van der Waals surface area contributed by atoms with Crippen molar-refractivity contribution in [2.45, 2.75) is 13.0 Å². The van der Waals surface area contributed by atoms with Crippen LogP contribution in [0.25, 0.3) is 22.3 Å². The minimum absolute atomic E-state index is 0.0903. The Balaban J connectivity index is 1.51. The Hall–Kier alpha value is -5.05. The molecule has 0 spiro atoms. The topological polar surface area (TPSA) is 105 Å². The van der Waals surface area contributed by atoms with E-state index in [9.17, 15) is 9.59 Å². The first-order chi connectivity index (χ1) is 20.1. The van der Waals surface area contributed by atoms with Crippen LogP contribution in [0.1, 0.15) is 29.0 Å². The number of carbonyl (C=O) groups is 2. The predicted molar refractivity (Wildman–Crippen MR) is 150 cm³/mol. The van der Waals surface area contributed by atoms with Crippen LogP contribution in [0.3, 0.4) is 0 Å². The van der Waals surface area contributed by atoms with E-state index in [1.54, 1.807) is 24.4 Å². The molecule has 4 aromatic rings. The van der Waals surface area contributed by atoms with Crippen LogP contribution in [0.5, 0.6) is 23.0 Å². The lowest BCUT2D eigenvalue weighted by Gasteiger charge is -2.26. The Labute approximate surface area is 237 Å². The van der Waals surface area contributed by atoms with Crippen molar-refractivity contribution in [2.24, 2.45) is 0 Å². The van der Waals surface area contributed by atoms with Gasteiger partial charge in [-0.3, -0.25) is 14.6 Å². The Morgan fingerprint density at radius 1 is 0.780 bits per heavy atom. The van der Waals surface area contributed by atoms with Crippen molar-refractivity contribution in [1.29, 1.82) is 0 Å². The maximum atomic E-state index is 13.4. The third kappa shape index (κ3) is 5.65. The molecule has 3 aromatic carbocycles. The Kier molecular flexibility index (Phi) is 7.40. The van der Waals surface area contributed by atoms with Gasteiger partial charge in [0.1, 0.15) is 38.7 Å². The molecule has 0 bridgehead atoms. The summed E-state index contributed by atoms with van der Waals surface area (Å²) < 4.78 is 28.7. The Bertz CT molecular complexity index is 1510. The summed E-state index contributed by atoms with van der Waals surface area (Å²) in [5.41, 5.74) is 4.36. The van der Waals surface area contributed by atoms with E-state index < -0.39 is 17.9 Å².